The zero-order valence-electron chi connectivity index (χ0n) is 10.5. The Bertz CT molecular complexity index is 211. The fraction of sp³-hybridized carbons (Fsp3) is 0.833. The van der Waals surface area contributed by atoms with Gasteiger partial charge in [0, 0.05) is 12.8 Å². The third-order valence-electron chi connectivity index (χ3n) is 1.94. The summed E-state index contributed by atoms with van der Waals surface area (Å²) in [5.41, 5.74) is 0. The van der Waals surface area contributed by atoms with Crippen LogP contribution in [0.5, 0.6) is 0 Å². The zero-order chi connectivity index (χ0) is 12.4. The molecule has 0 aliphatic carbocycles. The van der Waals surface area contributed by atoms with E-state index in [1.165, 1.54) is 0 Å². The molecule has 94 valence electrons. The first-order valence-corrected chi connectivity index (χ1v) is 5.91. The molecule has 0 saturated heterocycles. The van der Waals surface area contributed by atoms with Gasteiger partial charge in [-0.25, -0.2) is 0 Å². The smallest absolute Gasteiger partial charge is 0.306 e. The van der Waals surface area contributed by atoms with E-state index < -0.39 is 0 Å². The molecule has 4 nitrogen and oxygen atoms in total. The minimum absolute atomic E-state index is 0.0435. The Morgan fingerprint density at radius 1 is 1.06 bits per heavy atom. The lowest BCUT2D eigenvalue weighted by molar-refractivity contribution is -0.148. The second-order valence-corrected chi connectivity index (χ2v) is 3.92. The Hall–Kier alpha value is -1.06. The first kappa shape index (κ1) is 14.9. The number of unbranched alkanes of at least 4 members (excludes halogenated alkanes) is 2. The molecule has 0 unspecified atom stereocenters. The summed E-state index contributed by atoms with van der Waals surface area (Å²) >= 11 is 0. The van der Waals surface area contributed by atoms with E-state index in [-0.39, 0.29) is 18.0 Å². The van der Waals surface area contributed by atoms with Crippen LogP contribution in [-0.4, -0.2) is 24.6 Å². The van der Waals surface area contributed by atoms with E-state index in [1.54, 1.807) is 6.92 Å². The Labute approximate surface area is 97.3 Å². The third-order valence-corrected chi connectivity index (χ3v) is 1.94. The lowest BCUT2D eigenvalue weighted by atomic mass is 10.2. The van der Waals surface area contributed by atoms with Crippen LogP contribution in [0.25, 0.3) is 0 Å². The molecule has 0 N–H and O–H groups in total. The number of rotatable bonds is 8. The molecule has 4 heteroatoms. The first-order valence-electron chi connectivity index (χ1n) is 5.91. The molecule has 0 atom stereocenters. The van der Waals surface area contributed by atoms with Gasteiger partial charge in [-0.1, -0.05) is 6.92 Å². The van der Waals surface area contributed by atoms with Gasteiger partial charge in [-0.2, -0.15) is 0 Å². The van der Waals surface area contributed by atoms with Gasteiger partial charge in [0.05, 0.1) is 12.7 Å². The third kappa shape index (κ3) is 9.49. The van der Waals surface area contributed by atoms with Crippen molar-refractivity contribution >= 4 is 11.9 Å². The monoisotopic (exact) mass is 230 g/mol. The van der Waals surface area contributed by atoms with Crippen molar-refractivity contribution in [1.29, 1.82) is 0 Å². The van der Waals surface area contributed by atoms with Crippen molar-refractivity contribution in [3.63, 3.8) is 0 Å². The first-order chi connectivity index (χ1) is 7.56. The molecule has 0 heterocycles. The molecule has 16 heavy (non-hydrogen) atoms. The molecule has 0 amide bonds. The van der Waals surface area contributed by atoms with Gasteiger partial charge in [0.2, 0.25) is 0 Å². The van der Waals surface area contributed by atoms with Crippen molar-refractivity contribution in [2.24, 2.45) is 0 Å². The van der Waals surface area contributed by atoms with Gasteiger partial charge in [-0.15, -0.1) is 0 Å². The number of carbonyl (C=O) groups is 2. The van der Waals surface area contributed by atoms with Crippen molar-refractivity contribution in [1.82, 2.24) is 0 Å². The van der Waals surface area contributed by atoms with Gasteiger partial charge in [-0.05, 0) is 33.1 Å². The number of esters is 2. The Kier molecular flexibility index (Phi) is 8.58. The van der Waals surface area contributed by atoms with E-state index in [4.69, 9.17) is 9.47 Å². The van der Waals surface area contributed by atoms with E-state index in [2.05, 4.69) is 0 Å². The quantitative estimate of drug-likeness (QED) is 0.475. The minimum Gasteiger partial charge on any atom is -0.466 e. The van der Waals surface area contributed by atoms with Crippen LogP contribution in [0, 0.1) is 0 Å². The summed E-state index contributed by atoms with van der Waals surface area (Å²) in [6, 6.07) is 0. The van der Waals surface area contributed by atoms with Crippen molar-refractivity contribution in [3.05, 3.63) is 0 Å². The standard InChI is InChI=1S/C12H22O4/c1-4-11(13)15-9-7-5-6-8-12(14)16-10(2)3/h10H,4-9H2,1-3H3. The Morgan fingerprint density at radius 2 is 1.75 bits per heavy atom. The van der Waals surface area contributed by atoms with Crippen LogP contribution >= 0.6 is 0 Å². The summed E-state index contributed by atoms with van der Waals surface area (Å²) in [6.07, 6.45) is 3.29. The van der Waals surface area contributed by atoms with E-state index in [0.717, 1.165) is 19.3 Å². The van der Waals surface area contributed by atoms with Gasteiger partial charge in [0.15, 0.2) is 0 Å². The highest BCUT2D eigenvalue weighted by Gasteiger charge is 2.04. The molecule has 0 fully saturated rings. The molecule has 0 aromatic heterocycles. The molecule has 0 aliphatic heterocycles. The highest BCUT2D eigenvalue weighted by Crippen LogP contribution is 2.03. The van der Waals surface area contributed by atoms with E-state index >= 15 is 0 Å². The van der Waals surface area contributed by atoms with Crippen molar-refractivity contribution in [3.8, 4) is 0 Å². The lowest BCUT2D eigenvalue weighted by Gasteiger charge is -2.07. The van der Waals surface area contributed by atoms with Gasteiger partial charge in [-0.3, -0.25) is 9.59 Å². The highest BCUT2D eigenvalue weighted by molar-refractivity contribution is 5.69. The minimum atomic E-state index is -0.167. The molecule has 0 bridgehead atoms. The molecule has 0 rings (SSSR count). The van der Waals surface area contributed by atoms with Crippen LogP contribution < -0.4 is 0 Å². The summed E-state index contributed by atoms with van der Waals surface area (Å²) in [5, 5.41) is 0. The van der Waals surface area contributed by atoms with Gasteiger partial charge in [0.1, 0.15) is 0 Å². The van der Waals surface area contributed by atoms with E-state index in [1.807, 2.05) is 13.8 Å². The fourth-order valence-corrected chi connectivity index (χ4v) is 1.16. The molecule has 0 aromatic rings. The molecule has 0 radical (unpaired) electrons. The number of carbonyl (C=O) groups excluding carboxylic acids is 2. The Morgan fingerprint density at radius 3 is 2.31 bits per heavy atom. The van der Waals surface area contributed by atoms with Gasteiger partial charge < -0.3 is 9.47 Å². The van der Waals surface area contributed by atoms with Crippen LogP contribution in [-0.2, 0) is 19.1 Å². The predicted molar refractivity (Wildman–Crippen MR) is 60.9 cm³/mol. The predicted octanol–water partition coefficient (Wildman–Crippen LogP) is 2.45. The number of hydrogen-bond acceptors (Lipinski definition) is 4. The van der Waals surface area contributed by atoms with Crippen molar-refractivity contribution in [2.75, 3.05) is 6.61 Å². The van der Waals surface area contributed by atoms with Crippen LogP contribution in [0.3, 0.4) is 0 Å². The maximum atomic E-state index is 11.1. The number of hydrogen-bond donors (Lipinski definition) is 0. The molecule has 0 saturated carbocycles. The van der Waals surface area contributed by atoms with Crippen LogP contribution in [0.4, 0.5) is 0 Å². The summed E-state index contributed by atoms with van der Waals surface area (Å²) in [4.78, 5) is 21.9. The van der Waals surface area contributed by atoms with Gasteiger partial charge >= 0.3 is 11.9 Å². The summed E-state index contributed by atoms with van der Waals surface area (Å²) in [7, 11) is 0. The topological polar surface area (TPSA) is 52.6 Å². The fourth-order valence-electron chi connectivity index (χ4n) is 1.16. The molecular formula is C12H22O4. The number of ether oxygens (including phenoxy) is 2. The van der Waals surface area contributed by atoms with E-state index in [0.29, 0.717) is 19.4 Å². The normalized spacial score (nSPS) is 10.2. The zero-order valence-corrected chi connectivity index (χ0v) is 10.5. The maximum absolute atomic E-state index is 11.1. The molecule has 0 aromatic carbocycles. The van der Waals surface area contributed by atoms with Crippen LogP contribution in [0.15, 0.2) is 0 Å². The molecular weight excluding hydrogens is 208 g/mol. The summed E-state index contributed by atoms with van der Waals surface area (Å²) < 4.78 is 9.90. The lowest BCUT2D eigenvalue weighted by Crippen LogP contribution is -2.11. The van der Waals surface area contributed by atoms with E-state index in [9.17, 15) is 9.59 Å². The maximum Gasteiger partial charge on any atom is 0.306 e. The Balaban J connectivity index is 3.27. The van der Waals surface area contributed by atoms with Crippen molar-refractivity contribution in [2.45, 2.75) is 59.0 Å². The average molecular weight is 230 g/mol. The summed E-state index contributed by atoms with van der Waals surface area (Å²) in [5.74, 6) is -0.320. The second kappa shape index (κ2) is 9.19. The molecule has 0 spiro atoms. The van der Waals surface area contributed by atoms with Crippen LogP contribution in [0.2, 0.25) is 0 Å². The van der Waals surface area contributed by atoms with Crippen LogP contribution in [0.1, 0.15) is 52.9 Å². The highest BCUT2D eigenvalue weighted by atomic mass is 16.5. The average Bonchev–Trinajstić information content (AvgIpc) is 2.21. The molecule has 0 aliphatic rings. The van der Waals surface area contributed by atoms with Crippen molar-refractivity contribution < 1.29 is 19.1 Å². The summed E-state index contributed by atoms with van der Waals surface area (Å²) in [6.45, 7) is 5.89. The SMILES string of the molecule is CCC(=O)OCCCCCC(=O)OC(C)C. The largest absolute Gasteiger partial charge is 0.466 e. The second-order valence-electron chi connectivity index (χ2n) is 3.92. The van der Waals surface area contributed by atoms with Gasteiger partial charge in [0.25, 0.3) is 0 Å².